The van der Waals surface area contributed by atoms with Crippen LogP contribution in [0.1, 0.15) is 34.6 Å². The third kappa shape index (κ3) is 5.34. The maximum Gasteiger partial charge on any atom is 0.337 e. The van der Waals surface area contributed by atoms with Crippen molar-refractivity contribution in [2.24, 2.45) is 0 Å². The largest absolute Gasteiger partial charge is 0.463 e. The second-order valence-corrected chi connectivity index (χ2v) is 6.10. The summed E-state index contributed by atoms with van der Waals surface area (Å²) in [5.41, 5.74) is -0.0780. The van der Waals surface area contributed by atoms with Gasteiger partial charge in [-0.3, -0.25) is 4.57 Å². The summed E-state index contributed by atoms with van der Waals surface area (Å²) in [6.07, 6.45) is 1.57. The van der Waals surface area contributed by atoms with E-state index in [4.69, 9.17) is 13.8 Å². The minimum Gasteiger partial charge on any atom is -0.463 e. The third-order valence-corrected chi connectivity index (χ3v) is 4.59. The number of hydrogen-bond acceptors (Lipinski definition) is 5. The molecule has 1 unspecified atom stereocenters. The minimum absolute atomic E-state index is 0.300. The Morgan fingerprint density at radius 1 is 1.17 bits per heavy atom. The van der Waals surface area contributed by atoms with Crippen LogP contribution in [0.4, 0.5) is 0 Å². The van der Waals surface area contributed by atoms with Gasteiger partial charge in [-0.25, -0.2) is 4.79 Å². The smallest absolute Gasteiger partial charge is 0.337 e. The molecule has 0 saturated heterocycles. The van der Waals surface area contributed by atoms with Crippen molar-refractivity contribution in [3.05, 3.63) is 11.6 Å². The van der Waals surface area contributed by atoms with Gasteiger partial charge in [-0.1, -0.05) is 6.08 Å². The Balaban J connectivity index is 4.88. The molecule has 0 saturated carbocycles. The molecule has 5 nitrogen and oxygen atoms in total. The number of hydrogen-bond donors (Lipinski definition) is 0. The zero-order valence-corrected chi connectivity index (χ0v) is 12.7. The molecule has 0 aromatic rings. The Morgan fingerprint density at radius 3 is 2.06 bits per heavy atom. The highest BCUT2D eigenvalue weighted by atomic mass is 31.2. The minimum atomic E-state index is -3.21. The Labute approximate surface area is 109 Å². The highest BCUT2D eigenvalue weighted by Gasteiger charge is 2.30. The maximum absolute atomic E-state index is 12.4. The summed E-state index contributed by atoms with van der Waals surface area (Å²) in [6, 6.07) is 0. The van der Waals surface area contributed by atoms with Crippen molar-refractivity contribution in [2.45, 2.75) is 40.3 Å². The van der Waals surface area contributed by atoms with Gasteiger partial charge in [0.1, 0.15) is 0 Å². The first-order valence-electron chi connectivity index (χ1n) is 6.15. The Bertz CT molecular complexity index is 327. The average Bonchev–Trinajstić information content (AvgIpc) is 2.29. The van der Waals surface area contributed by atoms with Crippen molar-refractivity contribution in [1.82, 2.24) is 0 Å². The van der Waals surface area contributed by atoms with Gasteiger partial charge in [-0.05, 0) is 34.6 Å². The zero-order valence-electron chi connectivity index (χ0n) is 11.8. The lowest BCUT2D eigenvalue weighted by Gasteiger charge is -2.21. The summed E-state index contributed by atoms with van der Waals surface area (Å²) < 4.78 is 27.7. The highest BCUT2D eigenvalue weighted by Crippen LogP contribution is 2.53. The summed E-state index contributed by atoms with van der Waals surface area (Å²) in [6.45, 7) is 9.47. The normalized spacial score (nSPS) is 14.4. The average molecular weight is 278 g/mol. The quantitative estimate of drug-likeness (QED) is 0.388. The van der Waals surface area contributed by atoms with E-state index >= 15 is 0 Å². The summed E-state index contributed by atoms with van der Waals surface area (Å²) in [5, 5.41) is 0. The van der Waals surface area contributed by atoms with Crippen LogP contribution in [-0.4, -0.2) is 31.4 Å². The van der Waals surface area contributed by atoms with E-state index in [1.165, 1.54) is 0 Å². The monoisotopic (exact) mass is 278 g/mol. The van der Waals surface area contributed by atoms with Gasteiger partial charge in [0, 0.05) is 5.57 Å². The van der Waals surface area contributed by atoms with Gasteiger partial charge in [-0.2, -0.15) is 0 Å². The Hall–Kier alpha value is -0.640. The lowest BCUT2D eigenvalue weighted by Crippen LogP contribution is -2.11. The molecule has 6 heteroatoms. The van der Waals surface area contributed by atoms with Crippen LogP contribution in [0.2, 0.25) is 0 Å². The number of rotatable bonds is 8. The van der Waals surface area contributed by atoms with E-state index in [1.54, 1.807) is 40.7 Å². The fourth-order valence-corrected chi connectivity index (χ4v) is 3.07. The Morgan fingerprint density at radius 2 is 1.67 bits per heavy atom. The van der Waals surface area contributed by atoms with Gasteiger partial charge in [0.15, 0.2) is 0 Å². The number of allylic oxidation sites excluding steroid dienone is 1. The van der Waals surface area contributed by atoms with E-state index in [0.717, 1.165) is 0 Å². The number of esters is 1. The molecular weight excluding hydrogens is 255 g/mol. The molecule has 0 amide bonds. The lowest BCUT2D eigenvalue weighted by atomic mass is 10.2. The summed E-state index contributed by atoms with van der Waals surface area (Å²) in [7, 11) is -3.21. The van der Waals surface area contributed by atoms with E-state index in [-0.39, 0.29) is 0 Å². The first-order valence-corrected chi connectivity index (χ1v) is 7.76. The molecule has 0 aliphatic heterocycles. The Kier molecular flexibility index (Phi) is 8.16. The molecule has 0 fully saturated rings. The summed E-state index contributed by atoms with van der Waals surface area (Å²) >= 11 is 0. The van der Waals surface area contributed by atoms with Crippen molar-refractivity contribution in [3.63, 3.8) is 0 Å². The van der Waals surface area contributed by atoms with Crippen LogP contribution in [0.3, 0.4) is 0 Å². The van der Waals surface area contributed by atoms with Gasteiger partial charge in [0.25, 0.3) is 0 Å². The van der Waals surface area contributed by atoms with Crippen molar-refractivity contribution >= 4 is 13.6 Å². The first kappa shape index (κ1) is 17.4. The fourth-order valence-electron chi connectivity index (χ4n) is 1.40. The molecule has 0 N–H and O–H groups in total. The number of carbonyl (C=O) groups excluding carboxylic acids is 1. The molecule has 0 radical (unpaired) electrons. The molecule has 1 atom stereocenters. The predicted molar refractivity (Wildman–Crippen MR) is 70.7 cm³/mol. The van der Waals surface area contributed by atoms with Gasteiger partial charge >= 0.3 is 13.6 Å². The van der Waals surface area contributed by atoms with Gasteiger partial charge in [0.05, 0.1) is 25.5 Å². The van der Waals surface area contributed by atoms with Crippen LogP contribution in [-0.2, 0) is 23.1 Å². The molecule has 0 heterocycles. The van der Waals surface area contributed by atoms with Gasteiger partial charge in [-0.15, -0.1) is 0 Å². The van der Waals surface area contributed by atoms with Crippen LogP contribution in [0.15, 0.2) is 11.6 Å². The lowest BCUT2D eigenvalue weighted by molar-refractivity contribution is -0.138. The standard InChI is InChI=1S/C12H23O5P/c1-6-15-12(13)10(4)9-11(5)18(14,16-7-2)17-8-3/h9,11H,6-8H2,1-5H3. The van der Waals surface area contributed by atoms with E-state index in [0.29, 0.717) is 25.4 Å². The van der Waals surface area contributed by atoms with Crippen molar-refractivity contribution < 1.29 is 23.1 Å². The van der Waals surface area contributed by atoms with Gasteiger partial charge in [0.2, 0.25) is 0 Å². The molecule has 18 heavy (non-hydrogen) atoms. The second-order valence-electron chi connectivity index (χ2n) is 3.69. The molecule has 0 bridgehead atoms. The van der Waals surface area contributed by atoms with Crippen LogP contribution < -0.4 is 0 Å². The number of ether oxygens (including phenoxy) is 1. The molecule has 0 aromatic heterocycles. The summed E-state index contributed by atoms with van der Waals surface area (Å²) in [5.74, 6) is -0.413. The topological polar surface area (TPSA) is 61.8 Å². The van der Waals surface area contributed by atoms with Crippen LogP contribution >= 0.6 is 7.60 Å². The second kappa shape index (κ2) is 8.46. The number of carbonyl (C=O) groups is 1. The van der Waals surface area contributed by atoms with Crippen LogP contribution in [0.25, 0.3) is 0 Å². The van der Waals surface area contributed by atoms with E-state index in [9.17, 15) is 9.36 Å². The van der Waals surface area contributed by atoms with Crippen molar-refractivity contribution in [2.75, 3.05) is 19.8 Å². The van der Waals surface area contributed by atoms with E-state index in [1.807, 2.05) is 0 Å². The molecule has 0 aromatic carbocycles. The SMILES string of the molecule is CCOC(=O)C(C)=CC(C)P(=O)(OCC)OCC. The van der Waals surface area contributed by atoms with E-state index < -0.39 is 19.2 Å². The summed E-state index contributed by atoms with van der Waals surface area (Å²) in [4.78, 5) is 11.5. The molecule has 106 valence electrons. The molecule has 0 aliphatic rings. The molecule has 0 spiro atoms. The third-order valence-electron chi connectivity index (χ3n) is 2.21. The van der Waals surface area contributed by atoms with Gasteiger partial charge < -0.3 is 13.8 Å². The highest BCUT2D eigenvalue weighted by molar-refractivity contribution is 7.54. The van der Waals surface area contributed by atoms with Crippen LogP contribution in [0, 0.1) is 0 Å². The molecule has 0 rings (SSSR count). The zero-order chi connectivity index (χ0) is 14.2. The van der Waals surface area contributed by atoms with Crippen LogP contribution in [0.5, 0.6) is 0 Å². The molecular formula is C12H23O5P. The first-order chi connectivity index (χ1) is 8.41. The molecule has 0 aliphatic carbocycles. The van der Waals surface area contributed by atoms with Crippen molar-refractivity contribution in [1.29, 1.82) is 0 Å². The maximum atomic E-state index is 12.4. The predicted octanol–water partition coefficient (Wildman–Crippen LogP) is 3.15. The van der Waals surface area contributed by atoms with E-state index in [2.05, 4.69) is 0 Å². The fraction of sp³-hybridized carbons (Fsp3) is 0.750. The van der Waals surface area contributed by atoms with Crippen molar-refractivity contribution in [3.8, 4) is 0 Å².